The Morgan fingerprint density at radius 1 is 1.57 bits per heavy atom. The van der Waals surface area contributed by atoms with E-state index in [0.717, 1.165) is 17.8 Å². The van der Waals surface area contributed by atoms with Gasteiger partial charge in [0.05, 0.1) is 0 Å². The van der Waals surface area contributed by atoms with Crippen LogP contribution in [-0.4, -0.2) is 12.5 Å². The van der Waals surface area contributed by atoms with E-state index in [0.29, 0.717) is 0 Å². The summed E-state index contributed by atoms with van der Waals surface area (Å²) in [6, 6.07) is 3.69. The van der Waals surface area contributed by atoms with Crippen LogP contribution in [0.3, 0.4) is 0 Å². The summed E-state index contributed by atoms with van der Waals surface area (Å²) in [6.45, 7) is 4.80. The maximum Gasteiger partial charge on any atom is 0.239 e. The van der Waals surface area contributed by atoms with Crippen LogP contribution in [0.1, 0.15) is 29.6 Å². The van der Waals surface area contributed by atoms with E-state index in [9.17, 15) is 4.79 Å². The fourth-order valence-corrected chi connectivity index (χ4v) is 2.32. The van der Waals surface area contributed by atoms with E-state index in [1.165, 1.54) is 4.88 Å². The van der Waals surface area contributed by atoms with Crippen LogP contribution < -0.4 is 11.1 Å². The summed E-state index contributed by atoms with van der Waals surface area (Å²) in [6.07, 6.45) is 1.00. The zero-order chi connectivity index (χ0) is 10.6. The molecule has 0 spiro atoms. The van der Waals surface area contributed by atoms with Gasteiger partial charge >= 0.3 is 0 Å². The molecule has 1 aromatic rings. The lowest BCUT2D eigenvalue weighted by atomic mass is 10.2. The number of primary amides is 1. The van der Waals surface area contributed by atoms with Crippen molar-refractivity contribution in [2.24, 2.45) is 5.73 Å². The highest BCUT2D eigenvalue weighted by Gasteiger charge is 2.17. The van der Waals surface area contributed by atoms with Crippen molar-refractivity contribution in [3.63, 3.8) is 0 Å². The van der Waals surface area contributed by atoms with Gasteiger partial charge in [0.25, 0.3) is 0 Å². The number of aryl methyl sites for hydroxylation is 1. The molecule has 1 heterocycles. The normalized spacial score (nSPS) is 12.7. The van der Waals surface area contributed by atoms with Gasteiger partial charge in [-0.05, 0) is 25.1 Å². The lowest BCUT2D eigenvalue weighted by Crippen LogP contribution is -2.32. The first-order valence-electron chi connectivity index (χ1n) is 4.80. The van der Waals surface area contributed by atoms with Gasteiger partial charge in [0.1, 0.15) is 6.04 Å². The van der Waals surface area contributed by atoms with E-state index in [1.807, 2.05) is 19.1 Å². The van der Waals surface area contributed by atoms with Crippen molar-refractivity contribution in [3.05, 3.63) is 21.9 Å². The molecule has 0 saturated carbocycles. The Kier molecular flexibility index (Phi) is 4.10. The third-order valence-corrected chi connectivity index (χ3v) is 3.30. The Morgan fingerprint density at radius 3 is 2.71 bits per heavy atom. The molecule has 3 N–H and O–H groups in total. The smallest absolute Gasteiger partial charge is 0.239 e. The summed E-state index contributed by atoms with van der Waals surface area (Å²) in [5.74, 6) is -0.309. The van der Waals surface area contributed by atoms with E-state index in [-0.39, 0.29) is 11.9 Å². The average molecular weight is 212 g/mol. The van der Waals surface area contributed by atoms with Crippen molar-refractivity contribution in [1.29, 1.82) is 0 Å². The topological polar surface area (TPSA) is 55.1 Å². The Morgan fingerprint density at radius 2 is 2.29 bits per heavy atom. The van der Waals surface area contributed by atoms with Crippen LogP contribution in [0.5, 0.6) is 0 Å². The number of nitrogens with two attached hydrogens (primary N) is 1. The first-order valence-corrected chi connectivity index (χ1v) is 5.62. The third-order valence-electron chi connectivity index (χ3n) is 2.01. The molecule has 14 heavy (non-hydrogen) atoms. The van der Waals surface area contributed by atoms with E-state index >= 15 is 0 Å². The minimum Gasteiger partial charge on any atom is -0.368 e. The molecule has 1 amide bonds. The molecule has 1 unspecified atom stereocenters. The van der Waals surface area contributed by atoms with Gasteiger partial charge in [-0.1, -0.05) is 13.8 Å². The van der Waals surface area contributed by atoms with Crippen molar-refractivity contribution in [3.8, 4) is 0 Å². The number of thiophene rings is 1. The maximum absolute atomic E-state index is 11.2. The summed E-state index contributed by atoms with van der Waals surface area (Å²) < 4.78 is 0. The standard InChI is InChI=1S/C10H16N2OS/c1-3-7-5-6-8(14-7)9(10(11)13)12-4-2/h5-6,9,12H,3-4H2,1-2H3,(H2,11,13). The van der Waals surface area contributed by atoms with Crippen LogP contribution in [0.2, 0.25) is 0 Å². The zero-order valence-corrected chi connectivity index (χ0v) is 9.36. The molecule has 3 nitrogen and oxygen atoms in total. The molecule has 4 heteroatoms. The number of likely N-dealkylation sites (N-methyl/N-ethyl adjacent to an activating group) is 1. The second-order valence-electron chi connectivity index (χ2n) is 3.05. The van der Waals surface area contributed by atoms with Crippen LogP contribution >= 0.6 is 11.3 Å². The Balaban J connectivity index is 2.81. The molecule has 0 aliphatic heterocycles. The first-order chi connectivity index (χ1) is 6.69. The van der Waals surface area contributed by atoms with Crippen molar-refractivity contribution >= 4 is 17.2 Å². The van der Waals surface area contributed by atoms with Crippen molar-refractivity contribution < 1.29 is 4.79 Å². The van der Waals surface area contributed by atoms with Gasteiger partial charge in [0.2, 0.25) is 5.91 Å². The van der Waals surface area contributed by atoms with Gasteiger partial charge in [-0.15, -0.1) is 11.3 Å². The predicted octanol–water partition coefficient (Wildman–Crippen LogP) is 1.45. The quantitative estimate of drug-likeness (QED) is 0.776. The maximum atomic E-state index is 11.2. The molecule has 0 fully saturated rings. The van der Waals surface area contributed by atoms with Gasteiger partial charge in [0, 0.05) is 9.75 Å². The highest BCUT2D eigenvalue weighted by Crippen LogP contribution is 2.23. The molecule has 0 aliphatic rings. The molecule has 1 atom stereocenters. The molecule has 1 aromatic heterocycles. The molecule has 0 bridgehead atoms. The van der Waals surface area contributed by atoms with Crippen molar-refractivity contribution in [2.75, 3.05) is 6.54 Å². The van der Waals surface area contributed by atoms with Gasteiger partial charge in [-0.2, -0.15) is 0 Å². The number of hydrogen-bond donors (Lipinski definition) is 2. The van der Waals surface area contributed by atoms with Crippen molar-refractivity contribution in [1.82, 2.24) is 5.32 Å². The van der Waals surface area contributed by atoms with Crippen LogP contribution in [-0.2, 0) is 11.2 Å². The summed E-state index contributed by atoms with van der Waals surface area (Å²) in [7, 11) is 0. The Labute approximate surface area is 88.3 Å². The molecule has 78 valence electrons. The number of hydrogen-bond acceptors (Lipinski definition) is 3. The average Bonchev–Trinajstić information content (AvgIpc) is 2.61. The number of nitrogens with one attached hydrogen (secondary N) is 1. The van der Waals surface area contributed by atoms with Gasteiger partial charge in [0.15, 0.2) is 0 Å². The second-order valence-corrected chi connectivity index (χ2v) is 4.25. The minimum absolute atomic E-state index is 0.309. The summed E-state index contributed by atoms with van der Waals surface area (Å²) in [5.41, 5.74) is 5.31. The zero-order valence-electron chi connectivity index (χ0n) is 8.54. The SMILES string of the molecule is CCNC(C(N)=O)c1ccc(CC)s1. The van der Waals surface area contributed by atoms with Crippen molar-refractivity contribution in [2.45, 2.75) is 26.3 Å². The monoisotopic (exact) mass is 212 g/mol. The number of carbonyl (C=O) groups is 1. The molecule has 0 aromatic carbocycles. The molecule has 0 saturated heterocycles. The Hall–Kier alpha value is -0.870. The fourth-order valence-electron chi connectivity index (χ4n) is 1.29. The number of carbonyl (C=O) groups excluding carboxylic acids is 1. The summed E-state index contributed by atoms with van der Waals surface area (Å²) >= 11 is 1.65. The largest absolute Gasteiger partial charge is 0.368 e. The number of amides is 1. The van der Waals surface area contributed by atoms with Gasteiger partial charge in [-0.25, -0.2) is 0 Å². The minimum atomic E-state index is -0.328. The fraction of sp³-hybridized carbons (Fsp3) is 0.500. The third kappa shape index (κ3) is 2.56. The number of rotatable bonds is 5. The summed E-state index contributed by atoms with van der Waals surface area (Å²) in [5, 5.41) is 3.07. The molecular formula is C10H16N2OS. The van der Waals surface area contributed by atoms with Crippen LogP contribution in [0.25, 0.3) is 0 Å². The van der Waals surface area contributed by atoms with Crippen LogP contribution in [0, 0.1) is 0 Å². The Bertz CT molecular complexity index is 309. The van der Waals surface area contributed by atoms with E-state index in [4.69, 9.17) is 5.73 Å². The highest BCUT2D eigenvalue weighted by atomic mass is 32.1. The molecule has 0 aliphatic carbocycles. The van der Waals surface area contributed by atoms with Gasteiger partial charge in [-0.3, -0.25) is 4.79 Å². The lowest BCUT2D eigenvalue weighted by Gasteiger charge is -2.11. The van der Waals surface area contributed by atoms with Crippen LogP contribution in [0.15, 0.2) is 12.1 Å². The molecule has 0 radical (unpaired) electrons. The van der Waals surface area contributed by atoms with E-state index < -0.39 is 0 Å². The predicted molar refractivity (Wildman–Crippen MR) is 59.3 cm³/mol. The highest BCUT2D eigenvalue weighted by molar-refractivity contribution is 7.12. The molecular weight excluding hydrogens is 196 g/mol. The molecule has 1 rings (SSSR count). The lowest BCUT2D eigenvalue weighted by molar-refractivity contribution is -0.120. The van der Waals surface area contributed by atoms with Gasteiger partial charge < -0.3 is 11.1 Å². The first kappa shape index (κ1) is 11.2. The van der Waals surface area contributed by atoms with E-state index in [1.54, 1.807) is 11.3 Å². The summed E-state index contributed by atoms with van der Waals surface area (Å²) in [4.78, 5) is 13.4. The van der Waals surface area contributed by atoms with E-state index in [2.05, 4.69) is 12.2 Å². The van der Waals surface area contributed by atoms with Crippen LogP contribution in [0.4, 0.5) is 0 Å². The second kappa shape index (κ2) is 5.12.